The quantitative estimate of drug-likeness (QED) is 0.574. The predicted molar refractivity (Wildman–Crippen MR) is 75.4 cm³/mol. The van der Waals surface area contributed by atoms with E-state index in [1.165, 1.54) is 11.3 Å². The largest absolute Gasteiger partial charge is 0.423 e. The fourth-order valence-corrected chi connectivity index (χ4v) is 2.50. The lowest BCUT2D eigenvalue weighted by Gasteiger charge is -2.03. The molecule has 0 aliphatic carbocycles. The number of anilines is 1. The zero-order chi connectivity index (χ0) is 13.2. The molecule has 19 heavy (non-hydrogen) atoms. The second-order valence-corrected chi connectivity index (χ2v) is 5.00. The number of aromatic nitrogens is 1. The van der Waals surface area contributed by atoms with Gasteiger partial charge in [0.2, 0.25) is 0 Å². The Kier molecular flexibility index (Phi) is 2.89. The van der Waals surface area contributed by atoms with Gasteiger partial charge in [-0.15, -0.1) is 0 Å². The van der Waals surface area contributed by atoms with Crippen LogP contribution in [0.1, 0.15) is 10.4 Å². The van der Waals surface area contributed by atoms with Gasteiger partial charge in [0.1, 0.15) is 5.75 Å². The highest BCUT2D eigenvalue weighted by atomic mass is 32.1. The molecular formula is C14H10N2O2S. The molecule has 0 bridgehead atoms. The van der Waals surface area contributed by atoms with Gasteiger partial charge in [-0.25, -0.2) is 9.78 Å². The lowest BCUT2D eigenvalue weighted by molar-refractivity contribution is 0.0735. The van der Waals surface area contributed by atoms with Gasteiger partial charge in [-0.3, -0.25) is 0 Å². The summed E-state index contributed by atoms with van der Waals surface area (Å²) in [4.78, 5) is 16.1. The van der Waals surface area contributed by atoms with Crippen molar-refractivity contribution in [1.82, 2.24) is 4.98 Å². The number of benzene rings is 2. The first kappa shape index (κ1) is 11.7. The number of ether oxygens (including phenoxy) is 1. The summed E-state index contributed by atoms with van der Waals surface area (Å²) >= 11 is 1.35. The summed E-state index contributed by atoms with van der Waals surface area (Å²) in [7, 11) is 0. The maximum atomic E-state index is 12.0. The van der Waals surface area contributed by atoms with Crippen LogP contribution in [-0.2, 0) is 0 Å². The van der Waals surface area contributed by atoms with Crippen molar-refractivity contribution in [2.24, 2.45) is 0 Å². The Balaban J connectivity index is 1.89. The van der Waals surface area contributed by atoms with E-state index < -0.39 is 0 Å². The van der Waals surface area contributed by atoms with Crippen LogP contribution in [0.3, 0.4) is 0 Å². The fourth-order valence-electron chi connectivity index (χ4n) is 1.72. The molecular weight excluding hydrogens is 260 g/mol. The number of para-hydroxylation sites is 1. The maximum absolute atomic E-state index is 12.0. The van der Waals surface area contributed by atoms with Crippen LogP contribution in [0.5, 0.6) is 5.75 Å². The Hall–Kier alpha value is -2.40. The van der Waals surface area contributed by atoms with Crippen LogP contribution >= 0.6 is 11.3 Å². The Morgan fingerprint density at radius 3 is 2.74 bits per heavy atom. The van der Waals surface area contributed by atoms with Gasteiger partial charge in [0.05, 0.1) is 15.8 Å². The second-order valence-electron chi connectivity index (χ2n) is 3.94. The SMILES string of the molecule is Nc1nc2ccc(C(=O)Oc3ccccc3)cc2s1. The Labute approximate surface area is 113 Å². The zero-order valence-electron chi connectivity index (χ0n) is 9.87. The average Bonchev–Trinajstić information content (AvgIpc) is 2.78. The monoisotopic (exact) mass is 270 g/mol. The number of nitrogens with two attached hydrogens (primary N) is 1. The van der Waals surface area contributed by atoms with Gasteiger partial charge >= 0.3 is 5.97 Å². The van der Waals surface area contributed by atoms with Gasteiger partial charge in [-0.05, 0) is 30.3 Å². The van der Waals surface area contributed by atoms with Crippen LogP contribution in [0, 0.1) is 0 Å². The molecule has 3 rings (SSSR count). The number of thiazole rings is 1. The minimum Gasteiger partial charge on any atom is -0.423 e. The summed E-state index contributed by atoms with van der Waals surface area (Å²) in [5.74, 6) is 0.136. The van der Waals surface area contributed by atoms with E-state index in [2.05, 4.69) is 4.98 Å². The van der Waals surface area contributed by atoms with Crippen molar-refractivity contribution >= 4 is 32.7 Å². The van der Waals surface area contributed by atoms with Crippen LogP contribution in [0.25, 0.3) is 10.2 Å². The van der Waals surface area contributed by atoms with Crippen molar-refractivity contribution in [2.75, 3.05) is 5.73 Å². The van der Waals surface area contributed by atoms with Crippen molar-refractivity contribution in [3.05, 3.63) is 54.1 Å². The number of hydrogen-bond donors (Lipinski definition) is 1. The van der Waals surface area contributed by atoms with E-state index in [0.29, 0.717) is 16.4 Å². The van der Waals surface area contributed by atoms with Crippen molar-refractivity contribution < 1.29 is 9.53 Å². The Morgan fingerprint density at radius 1 is 1.16 bits per heavy atom. The van der Waals surface area contributed by atoms with Gasteiger partial charge in [-0.1, -0.05) is 29.5 Å². The lowest BCUT2D eigenvalue weighted by atomic mass is 10.2. The molecule has 0 aliphatic rings. The standard InChI is InChI=1S/C14H10N2O2S/c15-14-16-11-7-6-9(8-12(11)19-14)13(17)18-10-4-2-1-3-5-10/h1-8H,(H2,15,16). The molecule has 0 unspecified atom stereocenters. The summed E-state index contributed by atoms with van der Waals surface area (Å²) in [6.45, 7) is 0. The number of hydrogen-bond acceptors (Lipinski definition) is 5. The second kappa shape index (κ2) is 4.70. The molecule has 0 spiro atoms. The van der Waals surface area contributed by atoms with Crippen LogP contribution in [0.15, 0.2) is 48.5 Å². The average molecular weight is 270 g/mol. The van der Waals surface area contributed by atoms with E-state index >= 15 is 0 Å². The van der Waals surface area contributed by atoms with Crippen molar-refractivity contribution in [2.45, 2.75) is 0 Å². The number of fused-ring (bicyclic) bond motifs is 1. The number of carbonyl (C=O) groups is 1. The molecule has 4 nitrogen and oxygen atoms in total. The zero-order valence-corrected chi connectivity index (χ0v) is 10.7. The molecule has 0 saturated heterocycles. The maximum Gasteiger partial charge on any atom is 0.343 e. The highest BCUT2D eigenvalue weighted by Crippen LogP contribution is 2.25. The molecule has 2 aromatic carbocycles. The molecule has 1 aromatic heterocycles. The minimum absolute atomic E-state index is 0.389. The van der Waals surface area contributed by atoms with Crippen LogP contribution < -0.4 is 10.5 Å². The topological polar surface area (TPSA) is 65.2 Å². The third-order valence-corrected chi connectivity index (χ3v) is 3.44. The smallest absolute Gasteiger partial charge is 0.343 e. The van der Waals surface area contributed by atoms with E-state index in [1.54, 1.807) is 30.3 Å². The highest BCUT2D eigenvalue weighted by molar-refractivity contribution is 7.22. The summed E-state index contributed by atoms with van der Waals surface area (Å²) in [5.41, 5.74) is 6.91. The normalized spacial score (nSPS) is 10.5. The molecule has 5 heteroatoms. The van der Waals surface area contributed by atoms with Gasteiger partial charge in [0, 0.05) is 0 Å². The van der Waals surface area contributed by atoms with E-state index in [0.717, 1.165) is 10.2 Å². The van der Waals surface area contributed by atoms with Crippen molar-refractivity contribution in [3.8, 4) is 5.75 Å². The number of nitrogen functional groups attached to an aromatic ring is 1. The fraction of sp³-hybridized carbons (Fsp3) is 0. The molecule has 3 aromatic rings. The van der Waals surface area contributed by atoms with E-state index in [4.69, 9.17) is 10.5 Å². The number of carbonyl (C=O) groups excluding carboxylic acids is 1. The molecule has 0 radical (unpaired) electrons. The van der Waals surface area contributed by atoms with E-state index in [9.17, 15) is 4.79 Å². The molecule has 2 N–H and O–H groups in total. The van der Waals surface area contributed by atoms with Gasteiger partial charge < -0.3 is 10.5 Å². The Morgan fingerprint density at radius 2 is 1.95 bits per heavy atom. The van der Waals surface area contributed by atoms with E-state index in [-0.39, 0.29) is 5.97 Å². The molecule has 0 atom stereocenters. The summed E-state index contributed by atoms with van der Waals surface area (Å²) in [6, 6.07) is 14.2. The molecule has 0 saturated carbocycles. The van der Waals surface area contributed by atoms with Gasteiger partial charge in [0.25, 0.3) is 0 Å². The molecule has 0 amide bonds. The predicted octanol–water partition coefficient (Wildman–Crippen LogP) is 3.10. The molecule has 94 valence electrons. The number of esters is 1. The van der Waals surface area contributed by atoms with Crippen LogP contribution in [-0.4, -0.2) is 11.0 Å². The minimum atomic E-state index is -0.389. The summed E-state index contributed by atoms with van der Waals surface area (Å²) in [5, 5.41) is 0.489. The molecule has 0 aliphatic heterocycles. The van der Waals surface area contributed by atoms with Gasteiger partial charge in [-0.2, -0.15) is 0 Å². The Bertz CT molecular complexity index is 738. The first-order valence-corrected chi connectivity index (χ1v) is 6.47. The molecule has 1 heterocycles. The summed E-state index contributed by atoms with van der Waals surface area (Å²) < 4.78 is 6.15. The third-order valence-electron chi connectivity index (χ3n) is 2.59. The number of rotatable bonds is 2. The van der Waals surface area contributed by atoms with E-state index in [1.807, 2.05) is 18.2 Å². The molecule has 0 fully saturated rings. The third kappa shape index (κ3) is 2.41. The first-order valence-electron chi connectivity index (χ1n) is 5.66. The van der Waals surface area contributed by atoms with Crippen molar-refractivity contribution in [1.29, 1.82) is 0 Å². The van der Waals surface area contributed by atoms with Crippen LogP contribution in [0.4, 0.5) is 5.13 Å². The lowest BCUT2D eigenvalue weighted by Crippen LogP contribution is -2.07. The van der Waals surface area contributed by atoms with Gasteiger partial charge in [0.15, 0.2) is 5.13 Å². The first-order chi connectivity index (χ1) is 9.22. The van der Waals surface area contributed by atoms with Crippen molar-refractivity contribution in [3.63, 3.8) is 0 Å². The summed E-state index contributed by atoms with van der Waals surface area (Å²) in [6.07, 6.45) is 0. The number of nitrogens with zero attached hydrogens (tertiary/aromatic N) is 1. The van der Waals surface area contributed by atoms with Crippen LogP contribution in [0.2, 0.25) is 0 Å². The highest BCUT2D eigenvalue weighted by Gasteiger charge is 2.10.